The Morgan fingerprint density at radius 1 is 1.10 bits per heavy atom. The molecule has 0 aliphatic heterocycles. The van der Waals surface area contributed by atoms with Gasteiger partial charge in [-0.1, -0.05) is 0 Å². The molecular weight excluding hydrogens is 262 g/mol. The molecule has 0 aliphatic rings. The van der Waals surface area contributed by atoms with Crippen LogP contribution in [-0.2, 0) is 0 Å². The summed E-state index contributed by atoms with van der Waals surface area (Å²) in [6, 6.07) is 6.86. The van der Waals surface area contributed by atoms with Crippen molar-refractivity contribution in [3.05, 3.63) is 58.7 Å². The summed E-state index contributed by atoms with van der Waals surface area (Å²) in [5.74, 6) is -1.60. The minimum atomic E-state index is -0.621. The highest BCUT2D eigenvalue weighted by Crippen LogP contribution is 2.19. The second-order valence-electron chi connectivity index (χ2n) is 4.62. The van der Waals surface area contributed by atoms with E-state index < -0.39 is 11.7 Å². The lowest BCUT2D eigenvalue weighted by atomic mass is 10.1. The Labute approximate surface area is 115 Å². The number of hydrogen-bond acceptors (Lipinski definition) is 2. The van der Waals surface area contributed by atoms with Crippen molar-refractivity contribution in [2.45, 2.75) is 13.8 Å². The molecule has 3 nitrogen and oxygen atoms in total. The highest BCUT2D eigenvalue weighted by atomic mass is 19.1. The van der Waals surface area contributed by atoms with Crippen molar-refractivity contribution < 1.29 is 13.6 Å². The van der Waals surface area contributed by atoms with Crippen LogP contribution >= 0.6 is 0 Å². The smallest absolute Gasteiger partial charge is 0.258 e. The molecule has 0 radical (unpaired) electrons. The average molecular weight is 276 g/mol. The van der Waals surface area contributed by atoms with Crippen LogP contribution in [0.25, 0.3) is 0 Å². The Morgan fingerprint density at radius 3 is 2.45 bits per heavy atom. The molecule has 0 spiro atoms. The lowest BCUT2D eigenvalue weighted by molar-refractivity contribution is 0.102. The number of nitrogens with one attached hydrogen (secondary N) is 1. The third-order valence-electron chi connectivity index (χ3n) is 2.94. The molecule has 3 N–H and O–H groups in total. The molecule has 104 valence electrons. The summed E-state index contributed by atoms with van der Waals surface area (Å²) in [4.78, 5) is 12.0. The molecule has 0 saturated heterocycles. The third-order valence-corrected chi connectivity index (χ3v) is 2.94. The number of aryl methyl sites for hydroxylation is 2. The molecule has 5 heteroatoms. The number of rotatable bonds is 2. The van der Waals surface area contributed by atoms with Gasteiger partial charge < -0.3 is 11.1 Å². The number of nitrogens with two attached hydrogens (primary N) is 1. The summed E-state index contributed by atoms with van der Waals surface area (Å²) in [7, 11) is 0. The van der Waals surface area contributed by atoms with Crippen molar-refractivity contribution in [2.75, 3.05) is 11.1 Å². The zero-order valence-electron chi connectivity index (χ0n) is 11.1. The fraction of sp³-hybridized carbons (Fsp3) is 0.133. The maximum atomic E-state index is 13.9. The predicted molar refractivity (Wildman–Crippen MR) is 74.6 cm³/mol. The maximum absolute atomic E-state index is 13.9. The Hall–Kier alpha value is -2.43. The van der Waals surface area contributed by atoms with E-state index in [4.69, 9.17) is 5.73 Å². The molecule has 2 aromatic rings. The second-order valence-corrected chi connectivity index (χ2v) is 4.62. The molecule has 0 fully saturated rings. The molecule has 20 heavy (non-hydrogen) atoms. The first kappa shape index (κ1) is 14.0. The highest BCUT2D eigenvalue weighted by molar-refractivity contribution is 6.05. The molecule has 0 aromatic heterocycles. The number of hydrogen-bond donors (Lipinski definition) is 2. The molecule has 0 bridgehead atoms. The van der Waals surface area contributed by atoms with Gasteiger partial charge in [-0.05, 0) is 55.3 Å². The number of halogens is 2. The number of anilines is 2. The molecule has 0 aliphatic carbocycles. The average Bonchev–Trinajstić information content (AvgIpc) is 2.38. The van der Waals surface area contributed by atoms with Gasteiger partial charge in [0.2, 0.25) is 0 Å². The lowest BCUT2D eigenvalue weighted by Crippen LogP contribution is -2.15. The van der Waals surface area contributed by atoms with E-state index in [0.717, 1.165) is 0 Å². The predicted octanol–water partition coefficient (Wildman–Crippen LogP) is 3.42. The monoisotopic (exact) mass is 276 g/mol. The largest absolute Gasteiger partial charge is 0.399 e. The van der Waals surface area contributed by atoms with Gasteiger partial charge in [-0.15, -0.1) is 0 Å². The van der Waals surface area contributed by atoms with Crippen LogP contribution in [0.1, 0.15) is 21.5 Å². The number of carbonyl (C=O) groups is 1. The Bertz CT molecular complexity index is 684. The Morgan fingerprint density at radius 2 is 1.80 bits per heavy atom. The maximum Gasteiger partial charge on any atom is 0.258 e. The van der Waals surface area contributed by atoms with Crippen molar-refractivity contribution in [3.63, 3.8) is 0 Å². The molecule has 0 unspecified atom stereocenters. The van der Waals surface area contributed by atoms with Crippen LogP contribution in [-0.4, -0.2) is 5.91 Å². The van der Waals surface area contributed by atoms with Gasteiger partial charge in [0.25, 0.3) is 5.91 Å². The molecule has 0 heterocycles. The van der Waals surface area contributed by atoms with Crippen LogP contribution in [0.5, 0.6) is 0 Å². The minimum absolute atomic E-state index is 0.135. The third kappa shape index (κ3) is 2.77. The van der Waals surface area contributed by atoms with Gasteiger partial charge in [0.05, 0.1) is 5.56 Å². The van der Waals surface area contributed by atoms with E-state index in [1.165, 1.54) is 37.3 Å². The van der Waals surface area contributed by atoms with Gasteiger partial charge in [-0.3, -0.25) is 4.79 Å². The van der Waals surface area contributed by atoms with Gasteiger partial charge in [0.1, 0.15) is 11.6 Å². The van der Waals surface area contributed by atoms with Crippen LogP contribution in [0.4, 0.5) is 20.2 Å². The molecule has 0 saturated carbocycles. The topological polar surface area (TPSA) is 55.1 Å². The van der Waals surface area contributed by atoms with Gasteiger partial charge >= 0.3 is 0 Å². The van der Waals surface area contributed by atoms with Crippen molar-refractivity contribution in [2.24, 2.45) is 0 Å². The number of nitrogen functional groups attached to an aromatic ring is 1. The molecule has 0 atom stereocenters. The van der Waals surface area contributed by atoms with Gasteiger partial charge in [-0.2, -0.15) is 0 Å². The number of amides is 1. The van der Waals surface area contributed by atoms with Gasteiger partial charge in [-0.25, -0.2) is 8.78 Å². The minimum Gasteiger partial charge on any atom is -0.399 e. The standard InChI is InChI=1S/C15H14F2N2O/c1-8-6-11(3-4-13(8)16)19-15(20)12-7-10(18)5-9(2)14(12)17/h3-7H,18H2,1-2H3,(H,19,20). The van der Waals surface area contributed by atoms with Gasteiger partial charge in [0.15, 0.2) is 0 Å². The van der Waals surface area contributed by atoms with E-state index in [2.05, 4.69) is 5.32 Å². The fourth-order valence-electron chi connectivity index (χ4n) is 1.88. The second kappa shape index (κ2) is 5.28. The highest BCUT2D eigenvalue weighted by Gasteiger charge is 2.15. The summed E-state index contributed by atoms with van der Waals surface area (Å²) >= 11 is 0. The molecule has 1 amide bonds. The SMILES string of the molecule is Cc1cc(NC(=O)c2cc(N)cc(C)c2F)ccc1F. The number of benzene rings is 2. The number of carbonyl (C=O) groups excluding carboxylic acids is 1. The van der Waals surface area contributed by atoms with Crippen molar-refractivity contribution >= 4 is 17.3 Å². The fourth-order valence-corrected chi connectivity index (χ4v) is 1.88. The summed E-state index contributed by atoms with van der Waals surface area (Å²) in [5.41, 5.74) is 6.87. The first-order valence-corrected chi connectivity index (χ1v) is 6.01. The molecule has 2 rings (SSSR count). The van der Waals surface area contributed by atoms with Crippen LogP contribution in [0.2, 0.25) is 0 Å². The van der Waals surface area contributed by atoms with Crippen LogP contribution < -0.4 is 11.1 Å². The van der Waals surface area contributed by atoms with Gasteiger partial charge in [0, 0.05) is 11.4 Å². The quantitative estimate of drug-likeness (QED) is 0.826. The van der Waals surface area contributed by atoms with E-state index in [9.17, 15) is 13.6 Å². The zero-order valence-corrected chi connectivity index (χ0v) is 11.1. The van der Waals surface area contributed by atoms with Crippen molar-refractivity contribution in [1.29, 1.82) is 0 Å². The molecular formula is C15H14F2N2O. The summed E-state index contributed by atoms with van der Waals surface area (Å²) in [6.45, 7) is 3.11. The lowest BCUT2D eigenvalue weighted by Gasteiger charge is -2.09. The van der Waals surface area contributed by atoms with Crippen LogP contribution in [0, 0.1) is 25.5 Å². The Balaban J connectivity index is 2.30. The summed E-state index contributed by atoms with van der Waals surface area (Å²) in [5, 5.41) is 2.52. The van der Waals surface area contributed by atoms with Crippen LogP contribution in [0.15, 0.2) is 30.3 Å². The van der Waals surface area contributed by atoms with Crippen molar-refractivity contribution in [3.8, 4) is 0 Å². The van der Waals surface area contributed by atoms with Crippen molar-refractivity contribution in [1.82, 2.24) is 0 Å². The first-order chi connectivity index (χ1) is 9.38. The van der Waals surface area contributed by atoms with E-state index in [-0.39, 0.29) is 11.4 Å². The zero-order chi connectivity index (χ0) is 14.9. The summed E-state index contributed by atoms with van der Waals surface area (Å²) < 4.78 is 27.0. The van der Waals surface area contributed by atoms with E-state index in [1.54, 1.807) is 6.92 Å². The molecule has 2 aromatic carbocycles. The van der Waals surface area contributed by atoms with E-state index in [0.29, 0.717) is 22.5 Å². The van der Waals surface area contributed by atoms with E-state index >= 15 is 0 Å². The first-order valence-electron chi connectivity index (χ1n) is 6.01. The normalized spacial score (nSPS) is 10.4. The summed E-state index contributed by atoms with van der Waals surface area (Å²) in [6.07, 6.45) is 0. The van der Waals surface area contributed by atoms with E-state index in [1.807, 2.05) is 0 Å². The Kier molecular flexibility index (Phi) is 3.70. The van der Waals surface area contributed by atoms with Crippen LogP contribution in [0.3, 0.4) is 0 Å².